The molecule has 4 aromatic rings. The van der Waals surface area contributed by atoms with Gasteiger partial charge in [0.15, 0.2) is 5.00 Å². The molecule has 0 saturated heterocycles. The summed E-state index contributed by atoms with van der Waals surface area (Å²) in [6.45, 7) is 14.2. The summed E-state index contributed by atoms with van der Waals surface area (Å²) in [6, 6.07) is 25.4. The molecule has 0 spiro atoms. The van der Waals surface area contributed by atoms with Crippen LogP contribution < -0.4 is 15.0 Å². The van der Waals surface area contributed by atoms with Gasteiger partial charge in [-0.2, -0.15) is 5.26 Å². The summed E-state index contributed by atoms with van der Waals surface area (Å²) in [5.74, 6) is 0.916. The number of carbonyl (C=O) groups is 1. The molecule has 3 aromatic carbocycles. The topological polar surface area (TPSA) is 99.3 Å². The predicted molar refractivity (Wildman–Crippen MR) is 207 cm³/mol. The second kappa shape index (κ2) is 20.2. The standard InChI is InChI=1S/C41H51N5O3S/c1-6-8-9-13-23-46(24-15-25-48-7-2)34-20-21-37(44-45-41-36(29-42)39(31(5)50-41)32-16-11-10-12-17-32)38(28-34)43-40(47)33-18-14-19-35(27-33)49-26-22-30(3)4/h10-12,14,16-21,27-28,30H,6-9,13,15,22-26H2,1-5H3,(H,43,47)/b45-44+. The third-order valence-corrected chi connectivity index (χ3v) is 9.33. The van der Waals surface area contributed by atoms with Crippen LogP contribution in [0.3, 0.4) is 0 Å². The van der Waals surface area contributed by atoms with Gasteiger partial charge in [-0.15, -0.1) is 21.6 Å². The van der Waals surface area contributed by atoms with Gasteiger partial charge >= 0.3 is 0 Å². The maximum Gasteiger partial charge on any atom is 0.255 e. The summed E-state index contributed by atoms with van der Waals surface area (Å²) in [7, 11) is 0. The monoisotopic (exact) mass is 693 g/mol. The smallest absolute Gasteiger partial charge is 0.255 e. The number of amides is 1. The number of thiophene rings is 1. The van der Waals surface area contributed by atoms with Crippen molar-refractivity contribution < 1.29 is 14.3 Å². The van der Waals surface area contributed by atoms with Crippen molar-refractivity contribution in [3.8, 4) is 22.9 Å². The molecular formula is C41H51N5O3S. The summed E-state index contributed by atoms with van der Waals surface area (Å²) < 4.78 is 11.6. The van der Waals surface area contributed by atoms with Gasteiger partial charge in [0, 0.05) is 48.0 Å². The second-order valence-corrected chi connectivity index (χ2v) is 13.9. The van der Waals surface area contributed by atoms with Crippen LogP contribution in [0.2, 0.25) is 0 Å². The lowest BCUT2D eigenvalue weighted by atomic mass is 10.0. The molecule has 1 heterocycles. The van der Waals surface area contributed by atoms with Crippen molar-refractivity contribution in [2.45, 2.75) is 73.1 Å². The van der Waals surface area contributed by atoms with Gasteiger partial charge in [-0.1, -0.05) is 76.4 Å². The average Bonchev–Trinajstić information content (AvgIpc) is 3.45. The zero-order valence-electron chi connectivity index (χ0n) is 30.2. The Kier molecular flexibility index (Phi) is 15.5. The van der Waals surface area contributed by atoms with E-state index in [-0.39, 0.29) is 5.91 Å². The lowest BCUT2D eigenvalue weighted by Gasteiger charge is -2.26. The molecule has 1 amide bonds. The molecule has 264 valence electrons. The SMILES string of the molecule is CCCCCCN(CCCOCC)c1ccc(/N=N/c2sc(C)c(-c3ccccc3)c2C#N)c(NC(=O)c2cccc(OCCC(C)C)c2)c1. The minimum Gasteiger partial charge on any atom is -0.494 e. The van der Waals surface area contributed by atoms with E-state index in [2.05, 4.69) is 47.3 Å². The molecule has 0 aliphatic carbocycles. The van der Waals surface area contributed by atoms with Crippen molar-refractivity contribution in [1.29, 1.82) is 5.26 Å². The van der Waals surface area contributed by atoms with E-state index in [0.29, 0.717) is 59.0 Å². The van der Waals surface area contributed by atoms with Gasteiger partial charge in [-0.3, -0.25) is 4.79 Å². The molecule has 9 heteroatoms. The van der Waals surface area contributed by atoms with Crippen molar-refractivity contribution in [3.05, 3.63) is 88.8 Å². The number of ether oxygens (including phenoxy) is 2. The first kappa shape index (κ1) is 38.3. The van der Waals surface area contributed by atoms with Crippen LogP contribution >= 0.6 is 11.3 Å². The Labute approximate surface area is 302 Å². The van der Waals surface area contributed by atoms with Crippen LogP contribution in [0.25, 0.3) is 11.1 Å². The number of nitrogens with zero attached hydrogens (tertiary/aromatic N) is 4. The average molecular weight is 694 g/mol. The third kappa shape index (κ3) is 11.3. The Balaban J connectivity index is 1.68. The van der Waals surface area contributed by atoms with Crippen molar-refractivity contribution in [2.75, 3.05) is 43.1 Å². The number of benzene rings is 3. The Morgan fingerprint density at radius 2 is 1.74 bits per heavy atom. The fourth-order valence-corrected chi connectivity index (χ4v) is 6.54. The van der Waals surface area contributed by atoms with E-state index in [1.54, 1.807) is 12.1 Å². The minimum absolute atomic E-state index is 0.269. The number of azo groups is 1. The molecule has 0 radical (unpaired) electrons. The molecule has 0 saturated carbocycles. The van der Waals surface area contributed by atoms with Crippen LogP contribution in [0.4, 0.5) is 22.1 Å². The van der Waals surface area contributed by atoms with Crippen molar-refractivity contribution >= 4 is 39.3 Å². The number of nitriles is 1. The van der Waals surface area contributed by atoms with Crippen LogP contribution in [0.5, 0.6) is 5.75 Å². The first-order valence-corrected chi connectivity index (χ1v) is 18.7. The number of rotatable bonds is 20. The molecular weight excluding hydrogens is 643 g/mol. The summed E-state index contributed by atoms with van der Waals surface area (Å²) in [6.07, 6.45) is 6.44. The number of anilines is 2. The molecule has 8 nitrogen and oxygen atoms in total. The highest BCUT2D eigenvalue weighted by Gasteiger charge is 2.18. The lowest BCUT2D eigenvalue weighted by molar-refractivity contribution is 0.102. The first-order chi connectivity index (χ1) is 24.3. The maximum atomic E-state index is 13.7. The Morgan fingerprint density at radius 3 is 2.48 bits per heavy atom. The summed E-state index contributed by atoms with van der Waals surface area (Å²) in [5, 5.41) is 23.0. The summed E-state index contributed by atoms with van der Waals surface area (Å²) >= 11 is 1.44. The highest BCUT2D eigenvalue weighted by Crippen LogP contribution is 2.42. The zero-order chi connectivity index (χ0) is 35.7. The Morgan fingerprint density at radius 1 is 0.940 bits per heavy atom. The molecule has 0 aliphatic heterocycles. The van der Waals surface area contributed by atoms with Crippen LogP contribution in [0.15, 0.2) is 83.0 Å². The highest BCUT2D eigenvalue weighted by molar-refractivity contribution is 7.16. The number of hydrogen-bond acceptors (Lipinski definition) is 8. The van der Waals surface area contributed by atoms with Gasteiger partial charge in [0.05, 0.1) is 17.9 Å². The quantitative estimate of drug-likeness (QED) is 0.0733. The Hall–Kier alpha value is -4.52. The number of hydrogen-bond donors (Lipinski definition) is 1. The molecule has 0 aliphatic rings. The first-order valence-electron chi connectivity index (χ1n) is 17.9. The molecule has 4 rings (SSSR count). The largest absolute Gasteiger partial charge is 0.494 e. The van der Waals surface area contributed by atoms with Crippen molar-refractivity contribution in [1.82, 2.24) is 0 Å². The molecule has 1 aromatic heterocycles. The number of carbonyl (C=O) groups excluding carboxylic acids is 1. The predicted octanol–water partition coefficient (Wildman–Crippen LogP) is 11.5. The summed E-state index contributed by atoms with van der Waals surface area (Å²) in [5.41, 5.74) is 4.86. The van der Waals surface area contributed by atoms with Gasteiger partial charge in [0.2, 0.25) is 0 Å². The van der Waals surface area contributed by atoms with Gasteiger partial charge in [-0.05, 0) is 81.0 Å². The Bertz CT molecular complexity index is 1720. The highest BCUT2D eigenvalue weighted by atomic mass is 32.1. The number of unbranched alkanes of at least 4 members (excludes halogenated alkanes) is 3. The zero-order valence-corrected chi connectivity index (χ0v) is 31.0. The normalized spacial score (nSPS) is 11.2. The minimum atomic E-state index is -0.269. The van der Waals surface area contributed by atoms with E-state index in [1.807, 2.05) is 74.5 Å². The van der Waals surface area contributed by atoms with Gasteiger partial charge in [0.1, 0.15) is 17.5 Å². The summed E-state index contributed by atoms with van der Waals surface area (Å²) in [4.78, 5) is 17.1. The van der Waals surface area contributed by atoms with Crippen molar-refractivity contribution in [2.24, 2.45) is 16.1 Å². The molecule has 0 bridgehead atoms. The number of aryl methyl sites for hydroxylation is 1. The van der Waals surface area contributed by atoms with E-state index < -0.39 is 0 Å². The maximum absolute atomic E-state index is 13.7. The van der Waals surface area contributed by atoms with E-state index >= 15 is 0 Å². The van der Waals surface area contributed by atoms with Gasteiger partial charge < -0.3 is 19.7 Å². The van der Waals surface area contributed by atoms with Crippen LogP contribution in [0.1, 0.15) is 87.0 Å². The van der Waals surface area contributed by atoms with E-state index in [9.17, 15) is 10.1 Å². The van der Waals surface area contributed by atoms with Crippen LogP contribution in [0, 0.1) is 24.2 Å². The van der Waals surface area contributed by atoms with Crippen LogP contribution in [-0.4, -0.2) is 38.8 Å². The van der Waals surface area contributed by atoms with E-state index in [1.165, 1.54) is 24.2 Å². The molecule has 0 atom stereocenters. The fraction of sp³-hybridized carbons (Fsp3) is 0.415. The molecule has 50 heavy (non-hydrogen) atoms. The fourth-order valence-electron chi connectivity index (χ4n) is 5.60. The van der Waals surface area contributed by atoms with Gasteiger partial charge in [-0.25, -0.2) is 0 Å². The number of nitrogens with one attached hydrogen (secondary N) is 1. The molecule has 1 N–H and O–H groups in total. The van der Waals surface area contributed by atoms with Crippen molar-refractivity contribution in [3.63, 3.8) is 0 Å². The molecule has 0 fully saturated rings. The van der Waals surface area contributed by atoms with Gasteiger partial charge in [0.25, 0.3) is 5.91 Å². The lowest BCUT2D eigenvalue weighted by Crippen LogP contribution is -2.26. The van der Waals surface area contributed by atoms with E-state index in [4.69, 9.17) is 9.47 Å². The third-order valence-electron chi connectivity index (χ3n) is 8.34. The second-order valence-electron chi connectivity index (χ2n) is 12.7. The van der Waals surface area contributed by atoms with E-state index in [0.717, 1.165) is 60.5 Å². The molecule has 0 unspecified atom stereocenters. The van der Waals surface area contributed by atoms with Crippen LogP contribution in [-0.2, 0) is 4.74 Å².